The van der Waals surface area contributed by atoms with Gasteiger partial charge in [-0.15, -0.1) is 4.40 Å². The lowest BCUT2D eigenvalue weighted by molar-refractivity contribution is -0.150. The largest absolute Gasteiger partial charge is 0.481 e. The summed E-state index contributed by atoms with van der Waals surface area (Å²) in [6, 6.07) is 6.74. The lowest BCUT2D eigenvalue weighted by Gasteiger charge is -2.37. The van der Waals surface area contributed by atoms with Gasteiger partial charge in [0.05, 0.1) is 5.41 Å². The minimum Gasteiger partial charge on any atom is -0.481 e. The van der Waals surface area contributed by atoms with E-state index >= 15 is 0 Å². The van der Waals surface area contributed by atoms with E-state index in [1.54, 1.807) is 31.2 Å². The molecule has 6 nitrogen and oxygen atoms in total. The van der Waals surface area contributed by atoms with Gasteiger partial charge in [0, 0.05) is 18.7 Å². The van der Waals surface area contributed by atoms with Crippen molar-refractivity contribution >= 4 is 21.8 Å². The molecule has 0 spiro atoms. The van der Waals surface area contributed by atoms with Gasteiger partial charge in [-0.25, -0.2) is 0 Å². The SMILES string of the molecule is CC1(C(=O)O)CCN(C2=NS(=O)(=O)c3ccccc32)CC1. The fraction of sp³-hybridized carbons (Fsp3) is 0.429. The molecule has 2 aliphatic rings. The van der Waals surface area contributed by atoms with Crippen molar-refractivity contribution in [2.75, 3.05) is 13.1 Å². The fourth-order valence-corrected chi connectivity index (χ4v) is 3.97. The highest BCUT2D eigenvalue weighted by Gasteiger charge is 2.40. The highest BCUT2D eigenvalue weighted by Crippen LogP contribution is 2.34. The fourth-order valence-electron chi connectivity index (χ4n) is 2.74. The Balaban J connectivity index is 1.89. The summed E-state index contributed by atoms with van der Waals surface area (Å²) in [4.78, 5) is 13.4. The smallest absolute Gasteiger partial charge is 0.309 e. The second-order valence-corrected chi connectivity index (χ2v) is 7.31. The highest BCUT2D eigenvalue weighted by atomic mass is 32.2. The van der Waals surface area contributed by atoms with Crippen LogP contribution in [0.4, 0.5) is 0 Å². The Labute approximate surface area is 123 Å². The van der Waals surface area contributed by atoms with Crippen molar-refractivity contribution in [3.8, 4) is 0 Å². The van der Waals surface area contributed by atoms with Crippen LogP contribution in [0.5, 0.6) is 0 Å². The highest BCUT2D eigenvalue weighted by molar-refractivity contribution is 7.90. The Bertz CT molecular complexity index is 731. The molecule has 0 atom stereocenters. The zero-order chi connectivity index (χ0) is 15.3. The zero-order valence-electron chi connectivity index (χ0n) is 11.6. The predicted molar refractivity (Wildman–Crippen MR) is 76.7 cm³/mol. The van der Waals surface area contributed by atoms with Crippen molar-refractivity contribution in [3.63, 3.8) is 0 Å². The van der Waals surface area contributed by atoms with Crippen LogP contribution in [0.3, 0.4) is 0 Å². The van der Waals surface area contributed by atoms with Crippen LogP contribution in [0.1, 0.15) is 25.3 Å². The molecule has 2 heterocycles. The van der Waals surface area contributed by atoms with Crippen molar-refractivity contribution in [2.24, 2.45) is 9.81 Å². The van der Waals surface area contributed by atoms with E-state index < -0.39 is 21.4 Å². The molecule has 1 fully saturated rings. The zero-order valence-corrected chi connectivity index (χ0v) is 12.4. The predicted octanol–water partition coefficient (Wildman–Crippen LogP) is 1.32. The third kappa shape index (κ3) is 2.21. The first-order chi connectivity index (χ1) is 9.83. The number of rotatable bonds is 1. The maximum Gasteiger partial charge on any atom is 0.309 e. The summed E-state index contributed by atoms with van der Waals surface area (Å²) in [5.74, 6) is -0.360. The number of carboxylic acid groups (broad SMARTS) is 1. The maximum atomic E-state index is 12.0. The molecule has 1 aromatic rings. The second kappa shape index (κ2) is 4.56. The molecular formula is C14H16N2O4S. The van der Waals surface area contributed by atoms with Gasteiger partial charge < -0.3 is 10.0 Å². The molecular weight excluding hydrogens is 292 g/mol. The lowest BCUT2D eigenvalue weighted by atomic mass is 9.80. The third-order valence-corrected chi connectivity index (χ3v) is 5.62. The number of carbonyl (C=O) groups is 1. The number of benzene rings is 1. The van der Waals surface area contributed by atoms with E-state index in [-0.39, 0.29) is 4.90 Å². The number of nitrogens with zero attached hydrogens (tertiary/aromatic N) is 2. The van der Waals surface area contributed by atoms with Gasteiger partial charge in [-0.05, 0) is 31.9 Å². The van der Waals surface area contributed by atoms with Gasteiger partial charge >= 0.3 is 5.97 Å². The molecule has 2 aliphatic heterocycles. The van der Waals surface area contributed by atoms with E-state index in [4.69, 9.17) is 0 Å². The molecule has 3 rings (SSSR count). The summed E-state index contributed by atoms with van der Waals surface area (Å²) in [5, 5.41) is 9.25. The molecule has 7 heteroatoms. The number of sulfonamides is 1. The van der Waals surface area contributed by atoms with Crippen LogP contribution < -0.4 is 0 Å². The van der Waals surface area contributed by atoms with Gasteiger partial charge in [0.25, 0.3) is 10.0 Å². The molecule has 1 N–H and O–H groups in total. The Hall–Kier alpha value is -1.89. The van der Waals surface area contributed by atoms with Crippen LogP contribution in [0.2, 0.25) is 0 Å². The number of aliphatic carboxylic acids is 1. The van der Waals surface area contributed by atoms with E-state index in [1.807, 2.05) is 4.90 Å². The summed E-state index contributed by atoms with van der Waals surface area (Å²) in [6.07, 6.45) is 0.952. The van der Waals surface area contributed by atoms with Crippen LogP contribution in [0.25, 0.3) is 0 Å². The van der Waals surface area contributed by atoms with Crippen molar-refractivity contribution < 1.29 is 18.3 Å². The Morgan fingerprint density at radius 2 is 1.90 bits per heavy atom. The molecule has 112 valence electrons. The first-order valence-electron chi connectivity index (χ1n) is 6.76. The molecule has 0 saturated carbocycles. The topological polar surface area (TPSA) is 87.0 Å². The minimum atomic E-state index is -3.62. The quantitative estimate of drug-likeness (QED) is 0.845. The van der Waals surface area contributed by atoms with Gasteiger partial charge in [-0.3, -0.25) is 4.79 Å². The molecule has 21 heavy (non-hydrogen) atoms. The third-order valence-electron chi connectivity index (χ3n) is 4.30. The number of hydrogen-bond donors (Lipinski definition) is 1. The van der Waals surface area contributed by atoms with Gasteiger partial charge in [-0.2, -0.15) is 8.42 Å². The van der Waals surface area contributed by atoms with E-state index in [0.717, 1.165) is 0 Å². The number of piperidine rings is 1. The molecule has 0 radical (unpaired) electrons. The summed E-state index contributed by atoms with van der Waals surface area (Å²) < 4.78 is 27.9. The van der Waals surface area contributed by atoms with Crippen molar-refractivity contribution in [1.29, 1.82) is 0 Å². The Morgan fingerprint density at radius 1 is 1.29 bits per heavy atom. The molecule has 0 aliphatic carbocycles. The average molecular weight is 308 g/mol. The number of carboxylic acids is 1. The van der Waals surface area contributed by atoms with Gasteiger partial charge in [0.1, 0.15) is 4.90 Å². The van der Waals surface area contributed by atoms with Gasteiger partial charge in [0.15, 0.2) is 5.84 Å². The summed E-state index contributed by atoms with van der Waals surface area (Å²) >= 11 is 0. The van der Waals surface area contributed by atoms with Gasteiger partial charge in [-0.1, -0.05) is 12.1 Å². The standard InChI is InChI=1S/C14H16N2O4S/c1-14(13(17)18)6-8-16(9-7-14)12-10-4-2-3-5-11(10)21(19,20)15-12/h2-5H,6-9H2,1H3,(H,17,18). The minimum absolute atomic E-state index is 0.228. The maximum absolute atomic E-state index is 12.0. The van der Waals surface area contributed by atoms with E-state index in [2.05, 4.69) is 4.40 Å². The van der Waals surface area contributed by atoms with Crippen molar-refractivity contribution in [1.82, 2.24) is 4.90 Å². The van der Waals surface area contributed by atoms with Crippen LogP contribution in [0.15, 0.2) is 33.6 Å². The van der Waals surface area contributed by atoms with E-state index in [9.17, 15) is 18.3 Å². The number of amidine groups is 1. The summed E-state index contributed by atoms with van der Waals surface area (Å²) in [6.45, 7) is 2.71. The first kappa shape index (κ1) is 14.1. The van der Waals surface area contributed by atoms with Crippen molar-refractivity contribution in [2.45, 2.75) is 24.7 Å². The van der Waals surface area contributed by atoms with Gasteiger partial charge in [0.2, 0.25) is 0 Å². The summed E-state index contributed by atoms with van der Waals surface area (Å²) in [5.41, 5.74) is -0.134. The van der Waals surface area contributed by atoms with Crippen molar-refractivity contribution in [3.05, 3.63) is 29.8 Å². The van der Waals surface area contributed by atoms with Crippen LogP contribution in [-0.4, -0.2) is 43.3 Å². The number of likely N-dealkylation sites (tertiary alicyclic amines) is 1. The van der Waals surface area contributed by atoms with Crippen LogP contribution in [-0.2, 0) is 14.8 Å². The lowest BCUT2D eigenvalue weighted by Crippen LogP contribution is -2.45. The second-order valence-electron chi connectivity index (χ2n) is 5.74. The Morgan fingerprint density at radius 3 is 2.52 bits per heavy atom. The molecule has 1 aromatic carbocycles. The number of hydrogen-bond acceptors (Lipinski definition) is 4. The Kier molecular flexibility index (Phi) is 3.05. The van der Waals surface area contributed by atoms with E-state index in [0.29, 0.717) is 37.3 Å². The number of fused-ring (bicyclic) bond motifs is 1. The molecule has 1 saturated heterocycles. The van der Waals surface area contributed by atoms with E-state index in [1.165, 1.54) is 0 Å². The van der Waals surface area contributed by atoms with Crippen LogP contribution in [0, 0.1) is 5.41 Å². The molecule has 0 aromatic heterocycles. The average Bonchev–Trinajstić information content (AvgIpc) is 2.72. The summed E-state index contributed by atoms with van der Waals surface area (Å²) in [7, 11) is -3.62. The molecule has 0 bridgehead atoms. The molecule has 0 amide bonds. The first-order valence-corrected chi connectivity index (χ1v) is 8.20. The molecule has 0 unspecified atom stereocenters. The monoisotopic (exact) mass is 308 g/mol. The van der Waals surface area contributed by atoms with Crippen LogP contribution >= 0.6 is 0 Å². The normalized spacial score (nSPS) is 22.5.